The number of rotatable bonds is 3. The highest BCUT2D eigenvalue weighted by atomic mass is 16.2. The fourth-order valence-corrected chi connectivity index (χ4v) is 3.52. The summed E-state index contributed by atoms with van der Waals surface area (Å²) >= 11 is 0. The van der Waals surface area contributed by atoms with Crippen LogP contribution in [0.2, 0.25) is 0 Å². The molecular weight excluding hydrogens is 224 g/mol. The SMILES string of the molecule is CC1CCCC(CC(=O)N2CCC(C)(CN)C2)C1. The zero-order chi connectivity index (χ0) is 13.2. The van der Waals surface area contributed by atoms with Gasteiger partial charge in [-0.15, -0.1) is 0 Å². The summed E-state index contributed by atoms with van der Waals surface area (Å²) in [4.78, 5) is 14.4. The van der Waals surface area contributed by atoms with Gasteiger partial charge < -0.3 is 10.6 Å². The van der Waals surface area contributed by atoms with E-state index in [2.05, 4.69) is 13.8 Å². The average molecular weight is 252 g/mol. The van der Waals surface area contributed by atoms with Gasteiger partial charge in [-0.1, -0.05) is 26.7 Å². The number of hydrogen-bond donors (Lipinski definition) is 1. The van der Waals surface area contributed by atoms with Gasteiger partial charge in [-0.25, -0.2) is 0 Å². The maximum Gasteiger partial charge on any atom is 0.222 e. The minimum atomic E-state index is 0.162. The monoisotopic (exact) mass is 252 g/mol. The smallest absolute Gasteiger partial charge is 0.222 e. The maximum absolute atomic E-state index is 12.3. The first-order chi connectivity index (χ1) is 8.52. The van der Waals surface area contributed by atoms with Crippen molar-refractivity contribution >= 4 is 5.91 Å². The molecule has 0 aromatic carbocycles. The third kappa shape index (κ3) is 3.25. The van der Waals surface area contributed by atoms with Crippen LogP contribution in [-0.4, -0.2) is 30.4 Å². The van der Waals surface area contributed by atoms with E-state index in [9.17, 15) is 4.79 Å². The molecule has 1 saturated carbocycles. The highest BCUT2D eigenvalue weighted by Gasteiger charge is 2.35. The fourth-order valence-electron chi connectivity index (χ4n) is 3.52. The third-order valence-electron chi connectivity index (χ3n) is 4.91. The van der Waals surface area contributed by atoms with Gasteiger partial charge in [0.15, 0.2) is 0 Å². The van der Waals surface area contributed by atoms with Crippen LogP contribution in [0.15, 0.2) is 0 Å². The quantitative estimate of drug-likeness (QED) is 0.838. The zero-order valence-electron chi connectivity index (χ0n) is 12.0. The Morgan fingerprint density at radius 3 is 2.83 bits per heavy atom. The second-order valence-electron chi connectivity index (χ2n) is 6.92. The van der Waals surface area contributed by atoms with Crippen LogP contribution >= 0.6 is 0 Å². The molecule has 1 amide bonds. The summed E-state index contributed by atoms with van der Waals surface area (Å²) in [6, 6.07) is 0. The van der Waals surface area contributed by atoms with Crippen molar-refractivity contribution in [1.82, 2.24) is 4.90 Å². The summed E-state index contributed by atoms with van der Waals surface area (Å²) < 4.78 is 0. The van der Waals surface area contributed by atoms with Crippen molar-refractivity contribution in [1.29, 1.82) is 0 Å². The molecule has 0 spiro atoms. The largest absolute Gasteiger partial charge is 0.342 e. The van der Waals surface area contributed by atoms with Gasteiger partial charge in [-0.05, 0) is 43.1 Å². The molecule has 1 aliphatic carbocycles. The highest BCUT2D eigenvalue weighted by Crippen LogP contribution is 2.33. The molecule has 1 saturated heterocycles. The Hall–Kier alpha value is -0.570. The Balaban J connectivity index is 1.82. The van der Waals surface area contributed by atoms with E-state index in [1.807, 2.05) is 4.90 Å². The van der Waals surface area contributed by atoms with Crippen LogP contribution < -0.4 is 5.73 Å². The molecule has 0 aromatic heterocycles. The minimum Gasteiger partial charge on any atom is -0.342 e. The lowest BCUT2D eigenvalue weighted by Gasteiger charge is -2.28. The number of nitrogens with zero attached hydrogens (tertiary/aromatic N) is 1. The fraction of sp³-hybridized carbons (Fsp3) is 0.933. The normalized spacial score (nSPS) is 36.9. The molecule has 2 rings (SSSR count). The van der Waals surface area contributed by atoms with Gasteiger partial charge >= 0.3 is 0 Å². The molecule has 3 nitrogen and oxygen atoms in total. The molecule has 0 radical (unpaired) electrons. The predicted molar refractivity (Wildman–Crippen MR) is 74.1 cm³/mol. The molecule has 3 heteroatoms. The molecule has 104 valence electrons. The molecule has 2 N–H and O–H groups in total. The predicted octanol–water partition coefficient (Wildman–Crippen LogP) is 2.40. The molecule has 2 fully saturated rings. The van der Waals surface area contributed by atoms with Crippen LogP contribution in [0.1, 0.15) is 52.4 Å². The van der Waals surface area contributed by atoms with Gasteiger partial charge in [0.2, 0.25) is 5.91 Å². The van der Waals surface area contributed by atoms with Gasteiger partial charge in [-0.2, -0.15) is 0 Å². The summed E-state index contributed by atoms with van der Waals surface area (Å²) in [5.74, 6) is 1.81. The van der Waals surface area contributed by atoms with Gasteiger partial charge in [0.1, 0.15) is 0 Å². The minimum absolute atomic E-state index is 0.162. The van der Waals surface area contributed by atoms with Gasteiger partial charge in [0.05, 0.1) is 0 Å². The lowest BCUT2D eigenvalue weighted by Crippen LogP contribution is -2.35. The first kappa shape index (κ1) is 13.9. The Kier molecular flexibility index (Phi) is 4.31. The van der Waals surface area contributed by atoms with E-state index < -0.39 is 0 Å². The number of hydrogen-bond acceptors (Lipinski definition) is 2. The van der Waals surface area contributed by atoms with E-state index in [-0.39, 0.29) is 5.41 Å². The molecule has 0 aromatic rings. The summed E-state index contributed by atoms with van der Waals surface area (Å²) in [6.07, 6.45) is 6.98. The van der Waals surface area contributed by atoms with Crippen molar-refractivity contribution in [3.63, 3.8) is 0 Å². The number of carbonyl (C=O) groups is 1. The first-order valence-electron chi connectivity index (χ1n) is 7.50. The molecule has 1 aliphatic heterocycles. The van der Waals surface area contributed by atoms with E-state index >= 15 is 0 Å². The van der Waals surface area contributed by atoms with Crippen LogP contribution in [0, 0.1) is 17.3 Å². The molecule has 0 bridgehead atoms. The summed E-state index contributed by atoms with van der Waals surface area (Å²) in [5.41, 5.74) is 5.96. The Bertz CT molecular complexity index is 305. The molecule has 18 heavy (non-hydrogen) atoms. The highest BCUT2D eigenvalue weighted by molar-refractivity contribution is 5.76. The molecule has 3 unspecified atom stereocenters. The lowest BCUT2D eigenvalue weighted by atomic mass is 9.80. The van der Waals surface area contributed by atoms with Gasteiger partial charge in [-0.3, -0.25) is 4.79 Å². The topological polar surface area (TPSA) is 46.3 Å². The maximum atomic E-state index is 12.3. The zero-order valence-corrected chi connectivity index (χ0v) is 12.0. The van der Waals surface area contributed by atoms with E-state index in [0.717, 1.165) is 31.8 Å². The van der Waals surface area contributed by atoms with Crippen LogP contribution in [-0.2, 0) is 4.79 Å². The van der Waals surface area contributed by atoms with Crippen molar-refractivity contribution in [2.75, 3.05) is 19.6 Å². The van der Waals surface area contributed by atoms with Gasteiger partial charge in [0, 0.05) is 19.5 Å². The Morgan fingerprint density at radius 2 is 2.22 bits per heavy atom. The van der Waals surface area contributed by atoms with Crippen LogP contribution in [0.3, 0.4) is 0 Å². The lowest BCUT2D eigenvalue weighted by molar-refractivity contribution is -0.131. The third-order valence-corrected chi connectivity index (χ3v) is 4.91. The molecule has 1 heterocycles. The van der Waals surface area contributed by atoms with Gasteiger partial charge in [0.25, 0.3) is 0 Å². The summed E-state index contributed by atoms with van der Waals surface area (Å²) in [7, 11) is 0. The van der Waals surface area contributed by atoms with Crippen molar-refractivity contribution in [2.24, 2.45) is 23.0 Å². The number of carbonyl (C=O) groups excluding carboxylic acids is 1. The van der Waals surface area contributed by atoms with E-state index in [0.29, 0.717) is 18.4 Å². The van der Waals surface area contributed by atoms with Crippen molar-refractivity contribution < 1.29 is 4.79 Å². The van der Waals surface area contributed by atoms with Crippen LogP contribution in [0.25, 0.3) is 0 Å². The van der Waals surface area contributed by atoms with Crippen molar-refractivity contribution in [3.8, 4) is 0 Å². The van der Waals surface area contributed by atoms with E-state index in [4.69, 9.17) is 5.73 Å². The molecular formula is C15H28N2O. The van der Waals surface area contributed by atoms with Crippen molar-refractivity contribution in [3.05, 3.63) is 0 Å². The molecule has 3 atom stereocenters. The number of amides is 1. The molecule has 2 aliphatic rings. The Labute approximate surface area is 111 Å². The number of likely N-dealkylation sites (tertiary alicyclic amines) is 1. The second-order valence-corrected chi connectivity index (χ2v) is 6.92. The van der Waals surface area contributed by atoms with E-state index in [1.54, 1.807) is 0 Å². The van der Waals surface area contributed by atoms with Crippen molar-refractivity contribution in [2.45, 2.75) is 52.4 Å². The Morgan fingerprint density at radius 1 is 1.44 bits per heavy atom. The van der Waals surface area contributed by atoms with Crippen LogP contribution in [0.4, 0.5) is 0 Å². The summed E-state index contributed by atoms with van der Waals surface area (Å²) in [6.45, 7) is 6.98. The van der Waals surface area contributed by atoms with E-state index in [1.165, 1.54) is 25.7 Å². The van der Waals surface area contributed by atoms with Crippen LogP contribution in [0.5, 0.6) is 0 Å². The number of nitrogens with two attached hydrogens (primary N) is 1. The summed E-state index contributed by atoms with van der Waals surface area (Å²) in [5, 5.41) is 0. The standard InChI is InChI=1S/C15H28N2O/c1-12-4-3-5-13(8-12)9-14(18)17-7-6-15(2,10-16)11-17/h12-13H,3-11,16H2,1-2H3. The first-order valence-corrected chi connectivity index (χ1v) is 7.50. The average Bonchev–Trinajstić information content (AvgIpc) is 2.73. The second kappa shape index (κ2) is 5.60.